The molecule has 0 aromatic heterocycles. The zero-order valence-electron chi connectivity index (χ0n) is 14.7. The molecule has 2 aromatic rings. The molecule has 6 nitrogen and oxygen atoms in total. The van der Waals surface area contributed by atoms with E-state index in [2.05, 4.69) is 19.2 Å². The number of carbonyl (C=O) groups excluding carboxylic acids is 3. The molecule has 0 unspecified atom stereocenters. The number of fused-ring (bicyclic) bond motifs is 1. The van der Waals surface area contributed by atoms with Crippen LogP contribution in [0.15, 0.2) is 48.5 Å². The van der Waals surface area contributed by atoms with Crippen LogP contribution in [0.4, 0.5) is 5.69 Å². The Kier molecular flexibility index (Phi) is 5.02. The normalized spacial score (nSPS) is 13.1. The van der Waals surface area contributed by atoms with Gasteiger partial charge in [0.25, 0.3) is 11.8 Å². The Morgan fingerprint density at radius 3 is 2.12 bits per heavy atom. The van der Waals surface area contributed by atoms with Gasteiger partial charge in [0.2, 0.25) is 5.91 Å². The van der Waals surface area contributed by atoms with Crippen LogP contribution in [0.2, 0.25) is 0 Å². The molecule has 26 heavy (non-hydrogen) atoms. The molecular weight excluding hydrogens is 332 g/mol. The first-order valence-electron chi connectivity index (χ1n) is 8.43. The SMILES string of the molecule is CC(C)COc1ccc(NC(=O)CN2C(=O)c3ccccc3C2=O)cc1. The topological polar surface area (TPSA) is 75.7 Å². The van der Waals surface area contributed by atoms with Crippen molar-refractivity contribution < 1.29 is 19.1 Å². The highest BCUT2D eigenvalue weighted by Gasteiger charge is 2.36. The van der Waals surface area contributed by atoms with Gasteiger partial charge in [0.15, 0.2) is 0 Å². The van der Waals surface area contributed by atoms with Gasteiger partial charge in [-0.2, -0.15) is 0 Å². The lowest BCUT2D eigenvalue weighted by molar-refractivity contribution is -0.116. The van der Waals surface area contributed by atoms with E-state index in [1.807, 2.05) is 0 Å². The van der Waals surface area contributed by atoms with Crippen molar-refractivity contribution >= 4 is 23.4 Å². The lowest BCUT2D eigenvalue weighted by Crippen LogP contribution is -2.37. The lowest BCUT2D eigenvalue weighted by Gasteiger charge is -2.14. The van der Waals surface area contributed by atoms with Crippen LogP contribution in [0.3, 0.4) is 0 Å². The van der Waals surface area contributed by atoms with Gasteiger partial charge in [-0.1, -0.05) is 26.0 Å². The summed E-state index contributed by atoms with van der Waals surface area (Å²) >= 11 is 0. The third-order valence-electron chi connectivity index (χ3n) is 3.90. The average Bonchev–Trinajstić information content (AvgIpc) is 2.86. The van der Waals surface area contributed by atoms with Crippen LogP contribution in [0, 0.1) is 5.92 Å². The second-order valence-electron chi connectivity index (χ2n) is 6.52. The maximum atomic E-state index is 12.3. The van der Waals surface area contributed by atoms with Gasteiger partial charge in [0.05, 0.1) is 17.7 Å². The van der Waals surface area contributed by atoms with Crippen LogP contribution in [0.25, 0.3) is 0 Å². The Balaban J connectivity index is 1.60. The Bertz CT molecular complexity index is 808. The van der Waals surface area contributed by atoms with Crippen molar-refractivity contribution in [3.63, 3.8) is 0 Å². The predicted molar refractivity (Wildman–Crippen MR) is 97.2 cm³/mol. The minimum atomic E-state index is -0.446. The first-order valence-corrected chi connectivity index (χ1v) is 8.43. The van der Waals surface area contributed by atoms with Crippen LogP contribution >= 0.6 is 0 Å². The summed E-state index contributed by atoms with van der Waals surface area (Å²) in [4.78, 5) is 37.7. The van der Waals surface area contributed by atoms with Crippen molar-refractivity contribution in [2.24, 2.45) is 5.92 Å². The summed E-state index contributed by atoms with van der Waals surface area (Å²) in [5.74, 6) is -0.183. The first-order chi connectivity index (χ1) is 12.5. The number of nitrogens with zero attached hydrogens (tertiary/aromatic N) is 1. The Hall–Kier alpha value is -3.15. The van der Waals surface area contributed by atoms with Gasteiger partial charge in [-0.15, -0.1) is 0 Å². The molecule has 1 aliphatic rings. The fourth-order valence-corrected chi connectivity index (χ4v) is 2.62. The number of benzene rings is 2. The minimum Gasteiger partial charge on any atom is -0.493 e. The van der Waals surface area contributed by atoms with E-state index in [1.54, 1.807) is 48.5 Å². The summed E-state index contributed by atoms with van der Waals surface area (Å²) in [5.41, 5.74) is 1.23. The molecule has 0 spiro atoms. The van der Waals surface area contributed by atoms with Crippen molar-refractivity contribution in [1.82, 2.24) is 4.90 Å². The monoisotopic (exact) mass is 352 g/mol. The quantitative estimate of drug-likeness (QED) is 0.811. The number of hydrogen-bond donors (Lipinski definition) is 1. The van der Waals surface area contributed by atoms with Gasteiger partial charge in [0.1, 0.15) is 12.3 Å². The van der Waals surface area contributed by atoms with Crippen LogP contribution < -0.4 is 10.1 Å². The van der Waals surface area contributed by atoms with Crippen molar-refractivity contribution in [1.29, 1.82) is 0 Å². The number of imide groups is 1. The third-order valence-corrected chi connectivity index (χ3v) is 3.90. The summed E-state index contributed by atoms with van der Waals surface area (Å²) in [6.07, 6.45) is 0. The Labute approximate surface area is 151 Å². The maximum Gasteiger partial charge on any atom is 0.262 e. The number of ether oxygens (including phenoxy) is 1. The molecule has 0 fully saturated rings. The van der Waals surface area contributed by atoms with Gasteiger partial charge in [-0.3, -0.25) is 19.3 Å². The zero-order chi connectivity index (χ0) is 18.7. The largest absolute Gasteiger partial charge is 0.493 e. The van der Waals surface area contributed by atoms with E-state index in [9.17, 15) is 14.4 Å². The van der Waals surface area contributed by atoms with E-state index < -0.39 is 17.7 Å². The van der Waals surface area contributed by atoms with Gasteiger partial charge >= 0.3 is 0 Å². The first kappa shape index (κ1) is 17.7. The molecule has 3 amide bonds. The highest BCUT2D eigenvalue weighted by atomic mass is 16.5. The minimum absolute atomic E-state index is 0.321. The summed E-state index contributed by atoms with van der Waals surface area (Å²) in [6.45, 7) is 4.42. The summed E-state index contributed by atoms with van der Waals surface area (Å²) in [5, 5.41) is 2.69. The van der Waals surface area contributed by atoms with Crippen molar-refractivity contribution in [2.45, 2.75) is 13.8 Å². The fraction of sp³-hybridized carbons (Fsp3) is 0.250. The molecule has 0 radical (unpaired) electrons. The molecule has 134 valence electrons. The molecule has 3 rings (SSSR count). The molecule has 1 heterocycles. The van der Waals surface area contributed by atoms with Gasteiger partial charge in [0, 0.05) is 5.69 Å². The number of nitrogens with one attached hydrogen (secondary N) is 1. The van der Waals surface area contributed by atoms with Crippen molar-refractivity contribution in [3.8, 4) is 5.75 Å². The smallest absolute Gasteiger partial charge is 0.262 e. The molecule has 1 aliphatic heterocycles. The number of carbonyl (C=O) groups is 3. The molecule has 0 aliphatic carbocycles. The van der Waals surface area contributed by atoms with E-state index in [0.717, 1.165) is 10.6 Å². The van der Waals surface area contributed by atoms with Gasteiger partial charge in [-0.05, 0) is 42.3 Å². The van der Waals surface area contributed by atoms with Gasteiger partial charge in [-0.25, -0.2) is 0 Å². The second kappa shape index (κ2) is 7.39. The van der Waals surface area contributed by atoms with E-state index in [0.29, 0.717) is 29.3 Å². The average molecular weight is 352 g/mol. The second-order valence-corrected chi connectivity index (χ2v) is 6.52. The molecule has 0 saturated carbocycles. The fourth-order valence-electron chi connectivity index (χ4n) is 2.62. The van der Waals surface area contributed by atoms with Crippen molar-refractivity contribution in [2.75, 3.05) is 18.5 Å². The van der Waals surface area contributed by atoms with Crippen molar-refractivity contribution in [3.05, 3.63) is 59.7 Å². The summed E-state index contributed by atoms with van der Waals surface area (Å²) < 4.78 is 5.59. The molecule has 2 aromatic carbocycles. The van der Waals surface area contributed by atoms with Gasteiger partial charge < -0.3 is 10.1 Å². The lowest BCUT2D eigenvalue weighted by atomic mass is 10.1. The maximum absolute atomic E-state index is 12.3. The summed E-state index contributed by atoms with van der Waals surface area (Å²) in [6, 6.07) is 13.5. The highest BCUT2D eigenvalue weighted by Crippen LogP contribution is 2.22. The van der Waals surface area contributed by atoms with Crippen LogP contribution in [-0.2, 0) is 4.79 Å². The van der Waals surface area contributed by atoms with Crippen LogP contribution in [0.1, 0.15) is 34.6 Å². The number of anilines is 1. The van der Waals surface area contributed by atoms with Crippen LogP contribution in [-0.4, -0.2) is 35.8 Å². The summed E-state index contributed by atoms with van der Waals surface area (Å²) in [7, 11) is 0. The standard InChI is InChI=1S/C20H20N2O4/c1-13(2)12-26-15-9-7-14(8-10-15)21-18(23)11-22-19(24)16-5-3-4-6-17(16)20(22)25/h3-10,13H,11-12H2,1-2H3,(H,21,23). The molecule has 0 saturated heterocycles. The Morgan fingerprint density at radius 1 is 1.00 bits per heavy atom. The van der Waals surface area contributed by atoms with E-state index >= 15 is 0 Å². The van der Waals surface area contributed by atoms with E-state index in [1.165, 1.54) is 0 Å². The molecule has 6 heteroatoms. The number of hydrogen-bond acceptors (Lipinski definition) is 4. The third kappa shape index (κ3) is 3.74. The van der Waals surface area contributed by atoms with E-state index in [4.69, 9.17) is 4.74 Å². The molecule has 1 N–H and O–H groups in total. The molecule has 0 atom stereocenters. The van der Waals surface area contributed by atoms with Crippen LogP contribution in [0.5, 0.6) is 5.75 Å². The van der Waals surface area contributed by atoms with E-state index in [-0.39, 0.29) is 6.54 Å². The molecular formula is C20H20N2O4. The number of rotatable bonds is 6. The number of amides is 3. The zero-order valence-corrected chi connectivity index (χ0v) is 14.7. The predicted octanol–water partition coefficient (Wildman–Crippen LogP) is 2.96. The Morgan fingerprint density at radius 2 is 1.58 bits per heavy atom. The highest BCUT2D eigenvalue weighted by molar-refractivity contribution is 6.22. The molecule has 0 bridgehead atoms.